The fourth-order valence-electron chi connectivity index (χ4n) is 2.10. The maximum atomic E-state index is 12.1. The molecule has 1 aromatic rings. The molecule has 0 radical (unpaired) electrons. The van der Waals surface area contributed by atoms with Crippen molar-refractivity contribution in [2.75, 3.05) is 13.2 Å². The number of benzene rings is 1. The van der Waals surface area contributed by atoms with Crippen molar-refractivity contribution in [3.8, 4) is 5.75 Å². The van der Waals surface area contributed by atoms with Crippen LogP contribution in [0, 0.1) is 0 Å². The standard InChI is InChI=1S/C14H18N2O4/c15-12(18)8-20-11-4-2-10(3-5-11)13(19)16-14(9-17)6-1-7-14/h2-5,17H,1,6-9H2,(H2,15,18)(H,16,19). The minimum Gasteiger partial charge on any atom is -0.484 e. The smallest absolute Gasteiger partial charge is 0.255 e. The summed E-state index contributed by atoms with van der Waals surface area (Å²) in [5, 5.41) is 12.2. The molecule has 20 heavy (non-hydrogen) atoms. The molecule has 1 fully saturated rings. The van der Waals surface area contributed by atoms with Gasteiger partial charge < -0.3 is 20.9 Å². The van der Waals surface area contributed by atoms with Crippen molar-refractivity contribution >= 4 is 11.8 Å². The van der Waals surface area contributed by atoms with E-state index >= 15 is 0 Å². The van der Waals surface area contributed by atoms with Crippen LogP contribution in [0.15, 0.2) is 24.3 Å². The zero-order chi connectivity index (χ0) is 14.6. The Bertz CT molecular complexity index is 489. The van der Waals surface area contributed by atoms with E-state index in [1.54, 1.807) is 24.3 Å². The number of nitrogens with two attached hydrogens (primary N) is 1. The Labute approximate surface area is 116 Å². The summed E-state index contributed by atoms with van der Waals surface area (Å²) in [5.41, 5.74) is 5.00. The molecule has 2 rings (SSSR count). The lowest BCUT2D eigenvalue weighted by atomic mass is 9.77. The predicted octanol–water partition coefficient (Wildman–Crippen LogP) is 0.195. The summed E-state index contributed by atoms with van der Waals surface area (Å²) in [6.45, 7) is -0.238. The number of aliphatic hydroxyl groups excluding tert-OH is 1. The molecule has 6 nitrogen and oxygen atoms in total. The largest absolute Gasteiger partial charge is 0.484 e. The summed E-state index contributed by atoms with van der Waals surface area (Å²) in [5.74, 6) is -0.303. The lowest BCUT2D eigenvalue weighted by Gasteiger charge is -2.40. The van der Waals surface area contributed by atoms with E-state index < -0.39 is 11.4 Å². The van der Waals surface area contributed by atoms with Gasteiger partial charge in [-0.3, -0.25) is 9.59 Å². The third kappa shape index (κ3) is 3.27. The number of aliphatic hydroxyl groups is 1. The van der Waals surface area contributed by atoms with Gasteiger partial charge in [-0.25, -0.2) is 0 Å². The second-order valence-corrected chi connectivity index (χ2v) is 5.03. The van der Waals surface area contributed by atoms with E-state index in [4.69, 9.17) is 10.5 Å². The fourth-order valence-corrected chi connectivity index (χ4v) is 2.10. The maximum absolute atomic E-state index is 12.1. The second-order valence-electron chi connectivity index (χ2n) is 5.03. The topological polar surface area (TPSA) is 102 Å². The normalized spacial score (nSPS) is 16.1. The van der Waals surface area contributed by atoms with Gasteiger partial charge in [0.2, 0.25) is 0 Å². The van der Waals surface area contributed by atoms with E-state index in [1.807, 2.05) is 0 Å². The molecule has 108 valence electrons. The van der Waals surface area contributed by atoms with Crippen molar-refractivity contribution in [1.29, 1.82) is 0 Å². The molecule has 0 bridgehead atoms. The van der Waals surface area contributed by atoms with Crippen LogP contribution in [0.5, 0.6) is 5.75 Å². The molecule has 0 saturated heterocycles. The molecule has 6 heteroatoms. The van der Waals surface area contributed by atoms with Crippen molar-refractivity contribution < 1.29 is 19.4 Å². The molecule has 0 aromatic heterocycles. The van der Waals surface area contributed by atoms with Gasteiger partial charge in [-0.05, 0) is 43.5 Å². The Kier molecular flexibility index (Phi) is 4.24. The van der Waals surface area contributed by atoms with Crippen molar-refractivity contribution in [3.63, 3.8) is 0 Å². The van der Waals surface area contributed by atoms with Gasteiger partial charge in [0, 0.05) is 5.56 Å². The highest BCUT2D eigenvalue weighted by Crippen LogP contribution is 2.31. The monoisotopic (exact) mass is 278 g/mol. The SMILES string of the molecule is NC(=O)COc1ccc(C(=O)NC2(CO)CCC2)cc1. The molecule has 1 aliphatic carbocycles. The van der Waals surface area contributed by atoms with Gasteiger partial charge in [0.1, 0.15) is 5.75 Å². The van der Waals surface area contributed by atoms with Crippen molar-refractivity contribution in [3.05, 3.63) is 29.8 Å². The Morgan fingerprint density at radius 2 is 1.95 bits per heavy atom. The van der Waals surface area contributed by atoms with Crippen LogP contribution in [0.25, 0.3) is 0 Å². The van der Waals surface area contributed by atoms with Gasteiger partial charge in [0.05, 0.1) is 12.1 Å². The lowest BCUT2D eigenvalue weighted by molar-refractivity contribution is -0.119. The first-order valence-electron chi connectivity index (χ1n) is 6.49. The van der Waals surface area contributed by atoms with Crippen molar-refractivity contribution in [2.24, 2.45) is 5.73 Å². The molecule has 0 unspecified atom stereocenters. The van der Waals surface area contributed by atoms with Crippen LogP contribution in [0.2, 0.25) is 0 Å². The van der Waals surface area contributed by atoms with E-state index in [9.17, 15) is 14.7 Å². The van der Waals surface area contributed by atoms with E-state index in [0.29, 0.717) is 11.3 Å². The first kappa shape index (κ1) is 14.3. The van der Waals surface area contributed by atoms with E-state index in [2.05, 4.69) is 5.32 Å². The molecule has 1 aliphatic rings. The first-order valence-corrected chi connectivity index (χ1v) is 6.49. The molecule has 0 atom stereocenters. The molecule has 2 amide bonds. The zero-order valence-electron chi connectivity index (χ0n) is 11.1. The Morgan fingerprint density at radius 3 is 2.40 bits per heavy atom. The molecule has 4 N–H and O–H groups in total. The molecule has 0 aliphatic heterocycles. The average Bonchev–Trinajstić information content (AvgIpc) is 2.41. The minimum atomic E-state index is -0.554. The van der Waals surface area contributed by atoms with Crippen LogP contribution in [0.3, 0.4) is 0 Å². The van der Waals surface area contributed by atoms with Gasteiger partial charge >= 0.3 is 0 Å². The van der Waals surface area contributed by atoms with Crippen LogP contribution >= 0.6 is 0 Å². The van der Waals surface area contributed by atoms with Gasteiger partial charge in [-0.2, -0.15) is 0 Å². The lowest BCUT2D eigenvalue weighted by Crippen LogP contribution is -2.56. The van der Waals surface area contributed by atoms with Crippen LogP contribution < -0.4 is 15.8 Å². The van der Waals surface area contributed by atoms with Crippen LogP contribution in [-0.2, 0) is 4.79 Å². The molecule has 1 saturated carbocycles. The number of hydrogen-bond acceptors (Lipinski definition) is 4. The van der Waals surface area contributed by atoms with E-state index in [0.717, 1.165) is 19.3 Å². The van der Waals surface area contributed by atoms with Crippen LogP contribution in [0.1, 0.15) is 29.6 Å². The number of carbonyl (C=O) groups is 2. The van der Waals surface area contributed by atoms with Crippen molar-refractivity contribution in [2.45, 2.75) is 24.8 Å². The molecular weight excluding hydrogens is 260 g/mol. The third-order valence-electron chi connectivity index (χ3n) is 3.49. The Morgan fingerprint density at radius 1 is 1.30 bits per heavy atom. The summed E-state index contributed by atoms with van der Waals surface area (Å²) < 4.78 is 5.11. The van der Waals surface area contributed by atoms with Gasteiger partial charge in [0.15, 0.2) is 6.61 Å². The predicted molar refractivity (Wildman–Crippen MR) is 72.3 cm³/mol. The summed E-state index contributed by atoms with van der Waals surface area (Å²) >= 11 is 0. The fraction of sp³-hybridized carbons (Fsp3) is 0.429. The average molecular weight is 278 g/mol. The highest BCUT2D eigenvalue weighted by atomic mass is 16.5. The highest BCUT2D eigenvalue weighted by Gasteiger charge is 2.37. The summed E-state index contributed by atoms with van der Waals surface area (Å²) in [4.78, 5) is 22.6. The van der Waals surface area contributed by atoms with E-state index in [-0.39, 0.29) is 19.1 Å². The number of primary amides is 1. The van der Waals surface area contributed by atoms with Gasteiger partial charge in [-0.1, -0.05) is 0 Å². The third-order valence-corrected chi connectivity index (χ3v) is 3.49. The highest BCUT2D eigenvalue weighted by molar-refractivity contribution is 5.94. The Hall–Kier alpha value is -2.08. The van der Waals surface area contributed by atoms with E-state index in [1.165, 1.54) is 0 Å². The van der Waals surface area contributed by atoms with Crippen LogP contribution in [-0.4, -0.2) is 35.7 Å². The summed E-state index contributed by atoms with van der Waals surface area (Å²) in [6, 6.07) is 6.42. The second kappa shape index (κ2) is 5.92. The summed E-state index contributed by atoms with van der Waals surface area (Å²) in [6.07, 6.45) is 2.62. The van der Waals surface area contributed by atoms with Crippen molar-refractivity contribution in [1.82, 2.24) is 5.32 Å². The molecular formula is C14H18N2O4. The zero-order valence-corrected chi connectivity index (χ0v) is 11.1. The minimum absolute atomic E-state index is 0.0431. The molecule has 0 spiro atoms. The Balaban J connectivity index is 1.95. The maximum Gasteiger partial charge on any atom is 0.255 e. The number of rotatable bonds is 6. The van der Waals surface area contributed by atoms with Gasteiger partial charge in [0.25, 0.3) is 11.8 Å². The first-order chi connectivity index (χ1) is 9.54. The number of hydrogen-bond donors (Lipinski definition) is 3. The molecule has 0 heterocycles. The van der Waals surface area contributed by atoms with Crippen LogP contribution in [0.4, 0.5) is 0 Å². The number of ether oxygens (including phenoxy) is 1. The number of nitrogens with one attached hydrogen (secondary N) is 1. The molecule has 1 aromatic carbocycles. The number of carbonyl (C=O) groups excluding carboxylic acids is 2. The summed E-state index contributed by atoms with van der Waals surface area (Å²) in [7, 11) is 0. The number of amides is 2. The van der Waals surface area contributed by atoms with Gasteiger partial charge in [-0.15, -0.1) is 0 Å². The quantitative estimate of drug-likeness (QED) is 0.691.